The fraction of sp³-hybridized carbons (Fsp3) is 1.00. The molecule has 1 saturated carbocycles. The lowest BCUT2D eigenvalue weighted by atomic mass is 10.2. The number of nitrogens with one attached hydrogen (secondary N) is 1. The molecular weight excluding hydrogens is 134 g/mol. The van der Waals surface area contributed by atoms with Gasteiger partial charge < -0.3 is 5.32 Å². The highest BCUT2D eigenvalue weighted by Crippen LogP contribution is 2.34. The molecule has 0 amide bonds. The van der Waals surface area contributed by atoms with Crippen molar-refractivity contribution in [3.05, 3.63) is 0 Å². The van der Waals surface area contributed by atoms with Crippen LogP contribution in [0.3, 0.4) is 0 Å². The summed E-state index contributed by atoms with van der Waals surface area (Å²) in [5.41, 5.74) is 0. The van der Waals surface area contributed by atoms with E-state index in [9.17, 15) is 0 Å². The zero-order valence-corrected chi connectivity index (χ0v) is 8.06. The van der Waals surface area contributed by atoms with Gasteiger partial charge in [0, 0.05) is 6.04 Å². The predicted molar refractivity (Wildman–Crippen MR) is 49.6 cm³/mol. The first-order valence-corrected chi connectivity index (χ1v) is 4.97. The van der Waals surface area contributed by atoms with Crippen LogP contribution in [0.5, 0.6) is 0 Å². The average molecular weight is 155 g/mol. The summed E-state index contributed by atoms with van der Waals surface area (Å²) >= 11 is 0. The molecule has 0 radical (unpaired) electrons. The molecule has 2 atom stereocenters. The number of rotatable bonds is 5. The Bertz CT molecular complexity index is 109. The van der Waals surface area contributed by atoms with Crippen molar-refractivity contribution in [2.45, 2.75) is 46.1 Å². The van der Waals surface area contributed by atoms with E-state index in [-0.39, 0.29) is 0 Å². The van der Waals surface area contributed by atoms with E-state index in [0.717, 1.165) is 17.9 Å². The van der Waals surface area contributed by atoms with Crippen LogP contribution in [0.25, 0.3) is 0 Å². The summed E-state index contributed by atoms with van der Waals surface area (Å²) in [4.78, 5) is 0. The molecule has 0 aromatic carbocycles. The van der Waals surface area contributed by atoms with Gasteiger partial charge in [0.05, 0.1) is 0 Å². The molecule has 1 rings (SSSR count). The van der Waals surface area contributed by atoms with Crippen molar-refractivity contribution in [3.63, 3.8) is 0 Å². The van der Waals surface area contributed by atoms with E-state index < -0.39 is 0 Å². The first-order valence-electron chi connectivity index (χ1n) is 4.97. The Morgan fingerprint density at radius 3 is 2.73 bits per heavy atom. The molecule has 0 aromatic rings. The standard InChI is InChI=1S/C10H21N/c1-4-5-9-6-10(9)11-7-8(2)3/h8-11H,4-7H2,1-3H3. The molecule has 1 nitrogen and oxygen atoms in total. The summed E-state index contributed by atoms with van der Waals surface area (Å²) in [7, 11) is 0. The molecule has 0 saturated heterocycles. The van der Waals surface area contributed by atoms with Crippen molar-refractivity contribution in [3.8, 4) is 0 Å². The smallest absolute Gasteiger partial charge is 0.00992 e. The molecule has 1 fully saturated rings. The van der Waals surface area contributed by atoms with Crippen molar-refractivity contribution in [1.29, 1.82) is 0 Å². The van der Waals surface area contributed by atoms with E-state index in [1.165, 1.54) is 25.8 Å². The normalized spacial score (nSPS) is 29.5. The third-order valence-corrected chi connectivity index (χ3v) is 2.37. The maximum absolute atomic E-state index is 3.59. The van der Waals surface area contributed by atoms with Gasteiger partial charge in [0.15, 0.2) is 0 Å². The monoisotopic (exact) mass is 155 g/mol. The summed E-state index contributed by atoms with van der Waals surface area (Å²) < 4.78 is 0. The molecule has 0 aliphatic heterocycles. The Hall–Kier alpha value is -0.0400. The van der Waals surface area contributed by atoms with Gasteiger partial charge in [-0.1, -0.05) is 27.2 Å². The fourth-order valence-corrected chi connectivity index (χ4v) is 1.57. The van der Waals surface area contributed by atoms with E-state index in [1.807, 2.05) is 0 Å². The van der Waals surface area contributed by atoms with Crippen LogP contribution in [0.2, 0.25) is 0 Å². The van der Waals surface area contributed by atoms with E-state index in [4.69, 9.17) is 0 Å². The highest BCUT2D eigenvalue weighted by molar-refractivity contribution is 4.92. The van der Waals surface area contributed by atoms with Crippen molar-refractivity contribution in [2.24, 2.45) is 11.8 Å². The van der Waals surface area contributed by atoms with Crippen molar-refractivity contribution in [2.75, 3.05) is 6.54 Å². The SMILES string of the molecule is CCCC1CC1NCC(C)C. The van der Waals surface area contributed by atoms with Gasteiger partial charge in [-0.2, -0.15) is 0 Å². The van der Waals surface area contributed by atoms with Crippen LogP contribution in [0.15, 0.2) is 0 Å². The van der Waals surface area contributed by atoms with Crippen molar-refractivity contribution >= 4 is 0 Å². The van der Waals surface area contributed by atoms with Crippen LogP contribution in [0.1, 0.15) is 40.0 Å². The predicted octanol–water partition coefficient (Wildman–Crippen LogP) is 2.42. The molecular formula is C10H21N. The lowest BCUT2D eigenvalue weighted by molar-refractivity contribution is 0.523. The summed E-state index contributed by atoms with van der Waals surface area (Å²) in [5, 5.41) is 3.59. The molecule has 1 heteroatoms. The number of hydrogen-bond donors (Lipinski definition) is 1. The van der Waals surface area contributed by atoms with Crippen LogP contribution in [-0.2, 0) is 0 Å². The third-order valence-electron chi connectivity index (χ3n) is 2.37. The second-order valence-electron chi connectivity index (χ2n) is 4.19. The highest BCUT2D eigenvalue weighted by Gasteiger charge is 2.35. The molecule has 0 bridgehead atoms. The van der Waals surface area contributed by atoms with Crippen LogP contribution in [-0.4, -0.2) is 12.6 Å². The summed E-state index contributed by atoms with van der Waals surface area (Å²) in [6.45, 7) is 8.01. The van der Waals surface area contributed by atoms with Crippen molar-refractivity contribution in [1.82, 2.24) is 5.32 Å². The molecule has 0 spiro atoms. The van der Waals surface area contributed by atoms with Gasteiger partial charge in [0.2, 0.25) is 0 Å². The number of hydrogen-bond acceptors (Lipinski definition) is 1. The molecule has 11 heavy (non-hydrogen) atoms. The molecule has 1 aliphatic carbocycles. The minimum atomic E-state index is 0.804. The summed E-state index contributed by atoms with van der Waals surface area (Å²) in [5.74, 6) is 1.82. The highest BCUT2D eigenvalue weighted by atomic mass is 15.0. The second kappa shape index (κ2) is 4.10. The Morgan fingerprint density at radius 1 is 1.45 bits per heavy atom. The van der Waals surface area contributed by atoms with Gasteiger partial charge in [-0.25, -0.2) is 0 Å². The quantitative estimate of drug-likeness (QED) is 0.643. The van der Waals surface area contributed by atoms with Crippen LogP contribution < -0.4 is 5.32 Å². The van der Waals surface area contributed by atoms with E-state index in [0.29, 0.717) is 0 Å². The molecule has 0 heterocycles. The molecule has 66 valence electrons. The third kappa shape index (κ3) is 3.24. The summed E-state index contributed by atoms with van der Waals surface area (Å²) in [6, 6.07) is 0.873. The van der Waals surface area contributed by atoms with Gasteiger partial charge >= 0.3 is 0 Å². The molecule has 1 aliphatic rings. The second-order valence-corrected chi connectivity index (χ2v) is 4.19. The molecule has 1 N–H and O–H groups in total. The van der Waals surface area contributed by atoms with E-state index in [2.05, 4.69) is 26.1 Å². The van der Waals surface area contributed by atoms with E-state index >= 15 is 0 Å². The van der Waals surface area contributed by atoms with Gasteiger partial charge in [0.1, 0.15) is 0 Å². The van der Waals surface area contributed by atoms with Crippen LogP contribution >= 0.6 is 0 Å². The summed E-state index contributed by atoms with van der Waals surface area (Å²) in [6.07, 6.45) is 4.21. The Labute approximate surface area is 70.6 Å². The Balaban J connectivity index is 1.95. The fourth-order valence-electron chi connectivity index (χ4n) is 1.57. The molecule has 0 aromatic heterocycles. The zero-order valence-electron chi connectivity index (χ0n) is 8.06. The maximum atomic E-state index is 3.59. The molecule has 2 unspecified atom stereocenters. The maximum Gasteiger partial charge on any atom is 0.00992 e. The van der Waals surface area contributed by atoms with E-state index in [1.54, 1.807) is 0 Å². The van der Waals surface area contributed by atoms with Gasteiger partial charge in [-0.15, -0.1) is 0 Å². The minimum Gasteiger partial charge on any atom is -0.313 e. The van der Waals surface area contributed by atoms with Crippen LogP contribution in [0, 0.1) is 11.8 Å². The Morgan fingerprint density at radius 2 is 2.18 bits per heavy atom. The van der Waals surface area contributed by atoms with Gasteiger partial charge in [0.25, 0.3) is 0 Å². The Kier molecular flexibility index (Phi) is 3.38. The average Bonchev–Trinajstić information content (AvgIpc) is 2.64. The first kappa shape index (κ1) is 9.05. The van der Waals surface area contributed by atoms with Gasteiger partial charge in [-0.3, -0.25) is 0 Å². The van der Waals surface area contributed by atoms with Crippen LogP contribution in [0.4, 0.5) is 0 Å². The minimum absolute atomic E-state index is 0.804. The zero-order chi connectivity index (χ0) is 8.27. The lowest BCUT2D eigenvalue weighted by Gasteiger charge is -2.05. The lowest BCUT2D eigenvalue weighted by Crippen LogP contribution is -2.23. The van der Waals surface area contributed by atoms with Crippen molar-refractivity contribution < 1.29 is 0 Å². The first-order chi connectivity index (χ1) is 5.24. The topological polar surface area (TPSA) is 12.0 Å². The van der Waals surface area contributed by atoms with Gasteiger partial charge in [-0.05, 0) is 31.2 Å². The largest absolute Gasteiger partial charge is 0.313 e.